The number of piperidine rings is 1. The molecule has 1 atom stereocenters. The summed E-state index contributed by atoms with van der Waals surface area (Å²) in [6, 6.07) is 5.65. The van der Waals surface area contributed by atoms with Crippen molar-refractivity contribution in [1.82, 2.24) is 30.2 Å². The molecule has 4 heterocycles. The number of likely N-dealkylation sites (tertiary alicyclic amines) is 1. The monoisotopic (exact) mass is 356 g/mol. The van der Waals surface area contributed by atoms with E-state index in [0.29, 0.717) is 42.3 Å². The van der Waals surface area contributed by atoms with Gasteiger partial charge in [0, 0.05) is 13.3 Å². The minimum absolute atomic E-state index is 0.0482. The summed E-state index contributed by atoms with van der Waals surface area (Å²) in [5.74, 6) is 2.22. The fourth-order valence-corrected chi connectivity index (χ4v) is 3.14. The van der Waals surface area contributed by atoms with E-state index >= 15 is 0 Å². The van der Waals surface area contributed by atoms with Gasteiger partial charge in [0.25, 0.3) is 0 Å². The highest BCUT2D eigenvalue weighted by atomic mass is 16.5. The Morgan fingerprint density at radius 2 is 2.15 bits per heavy atom. The Morgan fingerprint density at radius 1 is 1.19 bits per heavy atom. The average Bonchev–Trinajstić information content (AvgIpc) is 3.33. The smallest absolute Gasteiger partial charge is 0.244 e. The van der Waals surface area contributed by atoms with Crippen LogP contribution in [0.2, 0.25) is 0 Å². The van der Waals surface area contributed by atoms with Crippen molar-refractivity contribution in [2.45, 2.75) is 38.5 Å². The molecule has 3 aromatic rings. The third kappa shape index (κ3) is 3.63. The molecular formula is C17H20N6O3. The first kappa shape index (κ1) is 16.8. The molecule has 3 aromatic heterocycles. The Bertz CT molecular complexity index is 834. The van der Waals surface area contributed by atoms with Crippen LogP contribution in [0.1, 0.15) is 42.9 Å². The zero-order valence-electron chi connectivity index (χ0n) is 14.5. The Hall–Kier alpha value is -2.65. The van der Waals surface area contributed by atoms with Gasteiger partial charge in [0.15, 0.2) is 5.82 Å². The maximum atomic E-state index is 5.44. The molecule has 0 unspecified atom stereocenters. The number of nitrogens with zero attached hydrogens (tertiary/aromatic N) is 6. The van der Waals surface area contributed by atoms with Gasteiger partial charge in [-0.3, -0.25) is 9.88 Å². The highest BCUT2D eigenvalue weighted by molar-refractivity contribution is 5.46. The van der Waals surface area contributed by atoms with E-state index in [0.717, 1.165) is 25.8 Å². The average molecular weight is 356 g/mol. The number of ether oxygens (including phenoxy) is 1. The summed E-state index contributed by atoms with van der Waals surface area (Å²) >= 11 is 0. The molecule has 1 aliphatic rings. The quantitative estimate of drug-likeness (QED) is 0.658. The lowest BCUT2D eigenvalue weighted by molar-refractivity contribution is 0.0985. The zero-order valence-corrected chi connectivity index (χ0v) is 14.5. The minimum atomic E-state index is 0.0482. The molecule has 1 aliphatic heterocycles. The fraction of sp³-hybridized carbons (Fsp3) is 0.471. The number of rotatable bonds is 6. The SMILES string of the molecule is COCc1noc([C@@H]2CCCCN2Cc2nc(-c3ccccn3)no2)n1. The highest BCUT2D eigenvalue weighted by Crippen LogP contribution is 2.31. The van der Waals surface area contributed by atoms with Crippen LogP contribution in [-0.4, -0.2) is 43.8 Å². The Morgan fingerprint density at radius 3 is 3.00 bits per heavy atom. The second-order valence-corrected chi connectivity index (χ2v) is 6.19. The molecule has 4 rings (SSSR count). The number of hydrogen-bond acceptors (Lipinski definition) is 9. The first-order chi connectivity index (χ1) is 12.8. The van der Waals surface area contributed by atoms with Crippen LogP contribution in [0.3, 0.4) is 0 Å². The fourth-order valence-electron chi connectivity index (χ4n) is 3.14. The second-order valence-electron chi connectivity index (χ2n) is 6.19. The molecule has 136 valence electrons. The molecule has 0 N–H and O–H groups in total. The van der Waals surface area contributed by atoms with E-state index in [-0.39, 0.29) is 6.04 Å². The molecule has 0 saturated carbocycles. The summed E-state index contributed by atoms with van der Waals surface area (Å²) in [6.45, 7) is 1.79. The van der Waals surface area contributed by atoms with Crippen molar-refractivity contribution in [3.05, 3.63) is 42.0 Å². The summed E-state index contributed by atoms with van der Waals surface area (Å²) in [7, 11) is 1.61. The number of methoxy groups -OCH3 is 1. The summed E-state index contributed by atoms with van der Waals surface area (Å²) < 4.78 is 15.9. The van der Waals surface area contributed by atoms with Gasteiger partial charge in [0.2, 0.25) is 17.6 Å². The van der Waals surface area contributed by atoms with E-state index in [1.54, 1.807) is 13.3 Å². The predicted molar refractivity (Wildman–Crippen MR) is 89.5 cm³/mol. The number of pyridine rings is 1. The van der Waals surface area contributed by atoms with E-state index < -0.39 is 0 Å². The molecule has 9 heteroatoms. The third-order valence-electron chi connectivity index (χ3n) is 4.36. The van der Waals surface area contributed by atoms with Crippen molar-refractivity contribution in [3.8, 4) is 11.5 Å². The summed E-state index contributed by atoms with van der Waals surface area (Å²) in [5.41, 5.74) is 0.693. The van der Waals surface area contributed by atoms with Crippen LogP contribution in [0.15, 0.2) is 33.4 Å². The van der Waals surface area contributed by atoms with E-state index in [1.165, 1.54) is 0 Å². The molecule has 0 amide bonds. The van der Waals surface area contributed by atoms with Crippen molar-refractivity contribution in [2.24, 2.45) is 0 Å². The van der Waals surface area contributed by atoms with Crippen LogP contribution in [-0.2, 0) is 17.9 Å². The lowest BCUT2D eigenvalue weighted by atomic mass is 10.0. The van der Waals surface area contributed by atoms with Crippen LogP contribution in [0, 0.1) is 0 Å². The van der Waals surface area contributed by atoms with Crippen molar-refractivity contribution in [1.29, 1.82) is 0 Å². The number of hydrogen-bond donors (Lipinski definition) is 0. The lowest BCUT2D eigenvalue weighted by Crippen LogP contribution is -2.33. The van der Waals surface area contributed by atoms with Gasteiger partial charge in [-0.15, -0.1) is 0 Å². The first-order valence-corrected chi connectivity index (χ1v) is 8.63. The molecule has 26 heavy (non-hydrogen) atoms. The molecule has 0 bridgehead atoms. The largest absolute Gasteiger partial charge is 0.377 e. The summed E-state index contributed by atoms with van der Waals surface area (Å²) in [6.07, 6.45) is 4.89. The Kier molecular flexibility index (Phi) is 4.98. The summed E-state index contributed by atoms with van der Waals surface area (Å²) in [4.78, 5) is 15.4. The van der Waals surface area contributed by atoms with E-state index in [1.807, 2.05) is 18.2 Å². The molecule has 0 radical (unpaired) electrons. The lowest BCUT2D eigenvalue weighted by Gasteiger charge is -2.31. The van der Waals surface area contributed by atoms with Crippen LogP contribution in [0.4, 0.5) is 0 Å². The molecule has 9 nitrogen and oxygen atoms in total. The molecule has 0 spiro atoms. The van der Waals surface area contributed by atoms with Crippen LogP contribution >= 0.6 is 0 Å². The van der Waals surface area contributed by atoms with Crippen LogP contribution in [0.25, 0.3) is 11.5 Å². The van der Waals surface area contributed by atoms with E-state index in [4.69, 9.17) is 13.8 Å². The second kappa shape index (κ2) is 7.71. The van der Waals surface area contributed by atoms with Gasteiger partial charge in [-0.25, -0.2) is 0 Å². The van der Waals surface area contributed by atoms with Crippen molar-refractivity contribution in [2.75, 3.05) is 13.7 Å². The van der Waals surface area contributed by atoms with E-state index in [9.17, 15) is 0 Å². The maximum Gasteiger partial charge on any atom is 0.244 e. The van der Waals surface area contributed by atoms with Gasteiger partial charge in [0.1, 0.15) is 12.3 Å². The molecule has 1 fully saturated rings. The third-order valence-corrected chi connectivity index (χ3v) is 4.36. The van der Waals surface area contributed by atoms with Gasteiger partial charge in [-0.1, -0.05) is 22.8 Å². The van der Waals surface area contributed by atoms with Crippen LogP contribution in [0.5, 0.6) is 0 Å². The van der Waals surface area contributed by atoms with Crippen molar-refractivity contribution >= 4 is 0 Å². The van der Waals surface area contributed by atoms with Gasteiger partial charge >= 0.3 is 0 Å². The standard InChI is InChI=1S/C17H20N6O3/c1-24-11-14-19-17(26-21-14)13-7-3-5-9-23(13)10-15-20-16(22-25-15)12-6-2-4-8-18-12/h2,4,6,8,13H,3,5,7,9-11H2,1H3/t13-/m0/s1. The summed E-state index contributed by atoms with van der Waals surface area (Å²) in [5, 5.41) is 8.00. The maximum absolute atomic E-state index is 5.44. The first-order valence-electron chi connectivity index (χ1n) is 8.63. The highest BCUT2D eigenvalue weighted by Gasteiger charge is 2.30. The predicted octanol–water partition coefficient (Wildman–Crippen LogP) is 2.39. The molecule has 1 saturated heterocycles. The Labute approximate surface area is 150 Å². The van der Waals surface area contributed by atoms with E-state index in [2.05, 4.69) is 30.2 Å². The minimum Gasteiger partial charge on any atom is -0.377 e. The molecular weight excluding hydrogens is 336 g/mol. The zero-order chi connectivity index (χ0) is 17.8. The van der Waals surface area contributed by atoms with Gasteiger partial charge in [-0.2, -0.15) is 9.97 Å². The molecule has 0 aromatic carbocycles. The Balaban J connectivity index is 1.49. The molecule has 0 aliphatic carbocycles. The van der Waals surface area contributed by atoms with Gasteiger partial charge in [-0.05, 0) is 31.5 Å². The van der Waals surface area contributed by atoms with Gasteiger partial charge < -0.3 is 13.8 Å². The van der Waals surface area contributed by atoms with Crippen molar-refractivity contribution < 1.29 is 13.8 Å². The number of aromatic nitrogens is 5. The topological polar surface area (TPSA) is 103 Å². The van der Waals surface area contributed by atoms with Crippen molar-refractivity contribution in [3.63, 3.8) is 0 Å². The normalized spacial score (nSPS) is 18.3. The van der Waals surface area contributed by atoms with Gasteiger partial charge in [0.05, 0.1) is 12.6 Å². The van der Waals surface area contributed by atoms with Crippen LogP contribution < -0.4 is 0 Å².